The summed E-state index contributed by atoms with van der Waals surface area (Å²) in [6.45, 7) is 7.51. The lowest BCUT2D eigenvalue weighted by Gasteiger charge is -2.22. The van der Waals surface area contributed by atoms with Crippen molar-refractivity contribution in [3.05, 3.63) is 17.0 Å². The minimum Gasteiger partial charge on any atom is -0.347 e. The van der Waals surface area contributed by atoms with Gasteiger partial charge in [0, 0.05) is 39.7 Å². The van der Waals surface area contributed by atoms with Crippen molar-refractivity contribution in [1.82, 2.24) is 24.6 Å². The molecule has 162 valence electrons. The molecule has 0 spiro atoms. The van der Waals surface area contributed by atoms with Crippen LogP contribution in [-0.4, -0.2) is 70.0 Å². The molecule has 10 heteroatoms. The Balaban J connectivity index is 2.08. The molecule has 3 amide bonds. The van der Waals surface area contributed by atoms with Crippen molar-refractivity contribution in [1.29, 1.82) is 0 Å². The number of aromatic nitrogens is 3. The molecule has 0 aromatic carbocycles. The summed E-state index contributed by atoms with van der Waals surface area (Å²) in [4.78, 5) is 45.2. The van der Waals surface area contributed by atoms with Crippen LogP contribution in [0.15, 0.2) is 0 Å². The first-order chi connectivity index (χ1) is 14.0. The van der Waals surface area contributed by atoms with Gasteiger partial charge in [0.1, 0.15) is 0 Å². The lowest BCUT2D eigenvalue weighted by atomic mass is 9.87. The van der Waals surface area contributed by atoms with Gasteiger partial charge in [-0.3, -0.25) is 19.1 Å². The van der Waals surface area contributed by atoms with Gasteiger partial charge in [-0.05, 0) is 26.2 Å². The van der Waals surface area contributed by atoms with Crippen LogP contribution in [0.2, 0.25) is 0 Å². The van der Waals surface area contributed by atoms with Crippen LogP contribution in [-0.2, 0) is 16.0 Å². The van der Waals surface area contributed by atoms with Crippen molar-refractivity contribution in [3.63, 3.8) is 0 Å². The van der Waals surface area contributed by atoms with E-state index < -0.39 is 0 Å². The van der Waals surface area contributed by atoms with Gasteiger partial charge in [0.25, 0.3) is 5.91 Å². The quantitative estimate of drug-likeness (QED) is 0.782. The zero-order valence-corrected chi connectivity index (χ0v) is 19.3. The number of nitrogens with one attached hydrogen (secondary N) is 1. The van der Waals surface area contributed by atoms with E-state index in [4.69, 9.17) is 0 Å². The van der Waals surface area contributed by atoms with Crippen LogP contribution >= 0.6 is 11.3 Å². The fraction of sp³-hybridized carbons (Fsp3) is 0.550. The predicted octanol–water partition coefficient (Wildman–Crippen LogP) is 2.37. The number of carbonyl (C=O) groups is 3. The Bertz CT molecular complexity index is 1010. The van der Waals surface area contributed by atoms with Gasteiger partial charge in [0.15, 0.2) is 10.8 Å². The Morgan fingerprint density at radius 3 is 2.50 bits per heavy atom. The number of hydrogen-bond donors (Lipinski definition) is 1. The lowest BCUT2D eigenvalue weighted by Crippen LogP contribution is -2.38. The number of anilines is 1. The van der Waals surface area contributed by atoms with Gasteiger partial charge in [-0.1, -0.05) is 18.3 Å². The molecule has 2 heterocycles. The number of fused-ring (bicyclic) bond motifs is 3. The fourth-order valence-corrected chi connectivity index (χ4v) is 4.63. The highest BCUT2D eigenvalue weighted by atomic mass is 32.1. The summed E-state index contributed by atoms with van der Waals surface area (Å²) in [5.74, 6) is -0.567. The van der Waals surface area contributed by atoms with E-state index in [-0.39, 0.29) is 36.2 Å². The number of carbonyl (C=O) groups excluding carboxylic acids is 3. The molecule has 30 heavy (non-hydrogen) atoms. The zero-order chi connectivity index (χ0) is 22.3. The molecule has 2 aromatic heterocycles. The molecule has 0 saturated carbocycles. The number of hydrogen-bond acceptors (Lipinski definition) is 6. The largest absolute Gasteiger partial charge is 0.347 e. The van der Waals surface area contributed by atoms with Crippen LogP contribution in [0.4, 0.5) is 5.13 Å². The van der Waals surface area contributed by atoms with Gasteiger partial charge in [0.05, 0.1) is 22.8 Å². The van der Waals surface area contributed by atoms with E-state index in [0.29, 0.717) is 17.2 Å². The minimum absolute atomic E-state index is 0.0119. The smallest absolute Gasteiger partial charge is 0.274 e. The third-order valence-electron chi connectivity index (χ3n) is 5.04. The molecule has 1 N–H and O–H groups in total. The first-order valence-electron chi connectivity index (χ1n) is 9.86. The number of thiazole rings is 1. The Labute approximate surface area is 180 Å². The van der Waals surface area contributed by atoms with E-state index in [9.17, 15) is 14.4 Å². The van der Waals surface area contributed by atoms with E-state index >= 15 is 0 Å². The summed E-state index contributed by atoms with van der Waals surface area (Å²) in [5, 5.41) is 7.98. The maximum Gasteiger partial charge on any atom is 0.274 e. The van der Waals surface area contributed by atoms with Crippen molar-refractivity contribution in [3.8, 4) is 10.6 Å². The summed E-state index contributed by atoms with van der Waals surface area (Å²) in [6.07, 6.45) is 0.656. The maximum atomic E-state index is 13.2. The molecule has 0 saturated heterocycles. The van der Waals surface area contributed by atoms with Crippen molar-refractivity contribution in [2.75, 3.05) is 33.0 Å². The van der Waals surface area contributed by atoms with Crippen molar-refractivity contribution in [2.24, 2.45) is 0 Å². The Morgan fingerprint density at radius 2 is 1.93 bits per heavy atom. The molecule has 1 aliphatic rings. The van der Waals surface area contributed by atoms with Gasteiger partial charge in [0.2, 0.25) is 11.8 Å². The number of amides is 3. The topological polar surface area (TPSA) is 100 Å². The normalized spacial score (nSPS) is 14.9. The van der Waals surface area contributed by atoms with Crippen molar-refractivity contribution in [2.45, 2.75) is 46.1 Å². The predicted molar refractivity (Wildman–Crippen MR) is 116 cm³/mol. The van der Waals surface area contributed by atoms with Gasteiger partial charge in [-0.25, -0.2) is 4.98 Å². The SMILES string of the molecule is CC(=O)Nc1nc2c(s1)-c1c(c(C(=O)N(C)CC(=O)N(C)C)nn1C(C)C)C(C)C2. The number of rotatable bonds is 5. The molecular formula is C20H28N6O3S. The molecule has 0 bridgehead atoms. The van der Waals surface area contributed by atoms with E-state index in [1.54, 1.807) is 21.1 Å². The molecule has 0 radical (unpaired) electrons. The Kier molecular flexibility index (Phi) is 5.98. The molecule has 0 fully saturated rings. The monoisotopic (exact) mass is 432 g/mol. The number of likely N-dealkylation sites (N-methyl/N-ethyl adjacent to an activating group) is 2. The van der Waals surface area contributed by atoms with Crippen LogP contribution in [0, 0.1) is 0 Å². The minimum atomic E-state index is -0.275. The first kappa shape index (κ1) is 21.9. The van der Waals surface area contributed by atoms with Gasteiger partial charge >= 0.3 is 0 Å². The highest BCUT2D eigenvalue weighted by molar-refractivity contribution is 7.19. The van der Waals surface area contributed by atoms with Crippen molar-refractivity contribution < 1.29 is 14.4 Å². The third kappa shape index (κ3) is 3.96. The number of nitrogens with zero attached hydrogens (tertiary/aromatic N) is 5. The van der Waals surface area contributed by atoms with Gasteiger partial charge in [-0.15, -0.1) is 0 Å². The van der Waals surface area contributed by atoms with Crippen molar-refractivity contribution >= 4 is 34.2 Å². The Morgan fingerprint density at radius 1 is 1.27 bits per heavy atom. The standard InChI is InChI=1S/C20H28N6O3S/c1-10(2)26-17-15(16(23-26)19(29)25(7)9-14(28)24(5)6)11(3)8-13-18(17)30-20(22-13)21-12(4)27/h10-11H,8-9H2,1-7H3,(H,21,22,27). The first-order valence-corrected chi connectivity index (χ1v) is 10.7. The molecule has 3 rings (SSSR count). The average Bonchev–Trinajstić information content (AvgIpc) is 3.21. The summed E-state index contributed by atoms with van der Waals surface area (Å²) in [7, 11) is 4.94. The highest BCUT2D eigenvalue weighted by Gasteiger charge is 2.36. The van der Waals surface area contributed by atoms with E-state index in [0.717, 1.165) is 21.8 Å². The molecular weight excluding hydrogens is 404 g/mol. The summed E-state index contributed by atoms with van der Waals surface area (Å²) >= 11 is 1.40. The summed E-state index contributed by atoms with van der Waals surface area (Å²) in [5.41, 5.74) is 3.04. The van der Waals surface area contributed by atoms with Crippen LogP contribution < -0.4 is 5.32 Å². The van der Waals surface area contributed by atoms with Crippen LogP contribution in [0.5, 0.6) is 0 Å². The van der Waals surface area contributed by atoms with Crippen LogP contribution in [0.25, 0.3) is 10.6 Å². The molecule has 2 aromatic rings. The summed E-state index contributed by atoms with van der Waals surface area (Å²) < 4.78 is 1.86. The highest BCUT2D eigenvalue weighted by Crippen LogP contribution is 2.46. The zero-order valence-electron chi connectivity index (χ0n) is 18.4. The van der Waals surface area contributed by atoms with Crippen LogP contribution in [0.3, 0.4) is 0 Å². The second kappa shape index (κ2) is 8.17. The van der Waals surface area contributed by atoms with Gasteiger partial charge in [-0.2, -0.15) is 5.10 Å². The maximum absolute atomic E-state index is 13.2. The molecule has 1 aliphatic carbocycles. The fourth-order valence-electron chi connectivity index (χ4n) is 3.54. The second-order valence-corrected chi connectivity index (χ2v) is 9.18. The van der Waals surface area contributed by atoms with Crippen LogP contribution in [0.1, 0.15) is 61.4 Å². The molecule has 1 unspecified atom stereocenters. The molecule has 1 atom stereocenters. The lowest BCUT2D eigenvalue weighted by molar-refractivity contribution is -0.129. The molecule has 0 aliphatic heterocycles. The third-order valence-corrected chi connectivity index (χ3v) is 6.06. The second-order valence-electron chi connectivity index (χ2n) is 8.18. The Hall–Kier alpha value is -2.75. The van der Waals surface area contributed by atoms with E-state index in [1.807, 2.05) is 25.5 Å². The molecule has 9 nitrogen and oxygen atoms in total. The summed E-state index contributed by atoms with van der Waals surface area (Å²) in [6, 6.07) is 0.0264. The average molecular weight is 433 g/mol. The van der Waals surface area contributed by atoms with Gasteiger partial charge < -0.3 is 15.1 Å². The van der Waals surface area contributed by atoms with E-state index in [2.05, 4.69) is 15.4 Å². The van der Waals surface area contributed by atoms with E-state index in [1.165, 1.54) is 28.1 Å².